The predicted octanol–water partition coefficient (Wildman–Crippen LogP) is 3.11. The molecule has 6 nitrogen and oxygen atoms in total. The third kappa shape index (κ3) is 11.9. The Hall–Kier alpha value is -1.59. The zero-order chi connectivity index (χ0) is 17.0. The van der Waals surface area contributed by atoms with Gasteiger partial charge in [-0.1, -0.05) is 47.0 Å². The van der Waals surface area contributed by atoms with Crippen LogP contribution in [0.4, 0.5) is 0 Å². The van der Waals surface area contributed by atoms with Crippen LogP contribution in [0.2, 0.25) is 0 Å². The molecule has 2 atom stereocenters. The standard InChI is InChI=1S/C8H14O4.C7H14O2/c1-3-4-5(2)6(7(9)10)8(11)12;1-3-4-6(2)5-7(8)9/h5-6H,3-4H2,1-2H3,(H,9,10)(H,11,12);6H,3-5H2,1-2H3,(H,8,9)/t5-;6-/m11/s1. The fraction of sp³-hybridized carbons (Fsp3) is 0.800. The lowest BCUT2D eigenvalue weighted by Crippen LogP contribution is -2.29. The lowest BCUT2D eigenvalue weighted by Gasteiger charge is -2.14. The highest BCUT2D eigenvalue weighted by Gasteiger charge is 2.30. The van der Waals surface area contributed by atoms with E-state index in [-0.39, 0.29) is 5.92 Å². The van der Waals surface area contributed by atoms with Crippen LogP contribution in [-0.2, 0) is 14.4 Å². The second-order valence-corrected chi connectivity index (χ2v) is 5.41. The van der Waals surface area contributed by atoms with Crippen molar-refractivity contribution in [2.75, 3.05) is 0 Å². The van der Waals surface area contributed by atoms with Crippen LogP contribution in [0, 0.1) is 17.8 Å². The Morgan fingerprint density at radius 3 is 1.57 bits per heavy atom. The SMILES string of the molecule is CCC[C@@H](C)C(C(=O)O)C(=O)O.CCC[C@@H](C)CC(=O)O. The van der Waals surface area contributed by atoms with Crippen molar-refractivity contribution >= 4 is 17.9 Å². The summed E-state index contributed by atoms with van der Waals surface area (Å²) in [6.45, 7) is 7.59. The molecule has 124 valence electrons. The molecule has 0 amide bonds. The number of carboxylic acid groups (broad SMARTS) is 3. The van der Waals surface area contributed by atoms with Gasteiger partial charge in [-0.2, -0.15) is 0 Å². The van der Waals surface area contributed by atoms with Gasteiger partial charge in [0.1, 0.15) is 0 Å². The Labute approximate surface area is 126 Å². The van der Waals surface area contributed by atoms with Crippen molar-refractivity contribution in [2.24, 2.45) is 17.8 Å². The molecule has 6 heteroatoms. The second-order valence-electron chi connectivity index (χ2n) is 5.41. The Kier molecular flexibility index (Phi) is 12.6. The van der Waals surface area contributed by atoms with Crippen molar-refractivity contribution in [3.05, 3.63) is 0 Å². The molecular formula is C15H28O6. The van der Waals surface area contributed by atoms with Gasteiger partial charge in [0.05, 0.1) is 0 Å². The van der Waals surface area contributed by atoms with Crippen molar-refractivity contribution in [1.82, 2.24) is 0 Å². The zero-order valence-corrected chi connectivity index (χ0v) is 13.3. The predicted molar refractivity (Wildman–Crippen MR) is 79.2 cm³/mol. The summed E-state index contributed by atoms with van der Waals surface area (Å²) in [5.74, 6) is -4.40. The van der Waals surface area contributed by atoms with Crippen molar-refractivity contribution in [1.29, 1.82) is 0 Å². The summed E-state index contributed by atoms with van der Waals surface area (Å²) in [5.41, 5.74) is 0. The molecule has 0 saturated heterocycles. The molecule has 0 aromatic rings. The topological polar surface area (TPSA) is 112 Å². The van der Waals surface area contributed by atoms with Crippen LogP contribution in [-0.4, -0.2) is 33.2 Å². The quantitative estimate of drug-likeness (QED) is 0.564. The average molecular weight is 304 g/mol. The summed E-state index contributed by atoms with van der Waals surface area (Å²) in [6.07, 6.45) is 3.84. The lowest BCUT2D eigenvalue weighted by atomic mass is 9.90. The Morgan fingerprint density at radius 1 is 0.857 bits per heavy atom. The normalized spacial score (nSPS) is 13.0. The molecule has 0 unspecified atom stereocenters. The molecule has 0 aromatic heterocycles. The number of aliphatic carboxylic acids is 3. The van der Waals surface area contributed by atoms with Gasteiger partial charge in [-0.25, -0.2) is 0 Å². The molecule has 0 saturated carbocycles. The van der Waals surface area contributed by atoms with Crippen molar-refractivity contribution < 1.29 is 29.7 Å². The van der Waals surface area contributed by atoms with Gasteiger partial charge in [-0.05, 0) is 18.3 Å². The summed E-state index contributed by atoms with van der Waals surface area (Å²) >= 11 is 0. The van der Waals surface area contributed by atoms with E-state index in [0.29, 0.717) is 18.8 Å². The minimum absolute atomic E-state index is 0.301. The first-order chi connectivity index (χ1) is 9.67. The third-order valence-electron chi connectivity index (χ3n) is 3.15. The first kappa shape index (κ1) is 21.7. The number of hydrogen-bond donors (Lipinski definition) is 3. The Bertz CT molecular complexity index is 312. The van der Waals surface area contributed by atoms with Gasteiger partial charge in [0, 0.05) is 6.42 Å². The molecule has 0 spiro atoms. The molecule has 3 N–H and O–H groups in total. The van der Waals surface area contributed by atoms with Crippen LogP contribution < -0.4 is 0 Å². The van der Waals surface area contributed by atoms with Crippen LogP contribution in [0.15, 0.2) is 0 Å². The van der Waals surface area contributed by atoms with Crippen molar-refractivity contribution in [3.8, 4) is 0 Å². The highest BCUT2D eigenvalue weighted by atomic mass is 16.4. The highest BCUT2D eigenvalue weighted by molar-refractivity contribution is 5.93. The molecular weight excluding hydrogens is 276 g/mol. The maximum absolute atomic E-state index is 10.5. The molecule has 0 aromatic carbocycles. The van der Waals surface area contributed by atoms with Crippen LogP contribution >= 0.6 is 0 Å². The van der Waals surface area contributed by atoms with Gasteiger partial charge in [0.15, 0.2) is 5.92 Å². The molecule has 0 rings (SSSR count). The number of hydrogen-bond acceptors (Lipinski definition) is 3. The van der Waals surface area contributed by atoms with E-state index in [2.05, 4.69) is 6.92 Å². The first-order valence-electron chi connectivity index (χ1n) is 7.34. The Morgan fingerprint density at radius 2 is 1.29 bits per heavy atom. The molecule has 21 heavy (non-hydrogen) atoms. The van der Waals surface area contributed by atoms with E-state index in [1.807, 2.05) is 13.8 Å². The highest BCUT2D eigenvalue weighted by Crippen LogP contribution is 2.17. The molecule has 0 radical (unpaired) electrons. The van der Waals surface area contributed by atoms with Gasteiger partial charge in [-0.3, -0.25) is 14.4 Å². The van der Waals surface area contributed by atoms with Gasteiger partial charge in [0.2, 0.25) is 0 Å². The van der Waals surface area contributed by atoms with Crippen molar-refractivity contribution in [3.63, 3.8) is 0 Å². The number of carboxylic acids is 3. The monoisotopic (exact) mass is 304 g/mol. The lowest BCUT2D eigenvalue weighted by molar-refractivity contribution is -0.157. The summed E-state index contributed by atoms with van der Waals surface area (Å²) in [4.78, 5) is 31.0. The molecule has 0 aliphatic heterocycles. The van der Waals surface area contributed by atoms with Crippen LogP contribution in [0.25, 0.3) is 0 Å². The second kappa shape index (κ2) is 12.2. The van der Waals surface area contributed by atoms with Crippen LogP contribution in [0.5, 0.6) is 0 Å². The van der Waals surface area contributed by atoms with E-state index in [4.69, 9.17) is 15.3 Å². The molecule has 0 aliphatic carbocycles. The average Bonchev–Trinajstić information content (AvgIpc) is 2.27. The molecule has 0 fully saturated rings. The van der Waals surface area contributed by atoms with Gasteiger partial charge >= 0.3 is 17.9 Å². The smallest absolute Gasteiger partial charge is 0.318 e. The summed E-state index contributed by atoms with van der Waals surface area (Å²) in [5, 5.41) is 25.4. The fourth-order valence-corrected chi connectivity index (χ4v) is 2.11. The summed E-state index contributed by atoms with van der Waals surface area (Å²) in [6, 6.07) is 0. The van der Waals surface area contributed by atoms with E-state index in [1.165, 1.54) is 0 Å². The van der Waals surface area contributed by atoms with E-state index in [1.54, 1.807) is 6.92 Å². The number of rotatable bonds is 9. The van der Waals surface area contributed by atoms with E-state index < -0.39 is 23.8 Å². The third-order valence-corrected chi connectivity index (χ3v) is 3.15. The maximum Gasteiger partial charge on any atom is 0.318 e. The van der Waals surface area contributed by atoms with Gasteiger partial charge < -0.3 is 15.3 Å². The van der Waals surface area contributed by atoms with Gasteiger partial charge in [0.25, 0.3) is 0 Å². The maximum atomic E-state index is 10.5. The van der Waals surface area contributed by atoms with Gasteiger partial charge in [-0.15, -0.1) is 0 Å². The summed E-state index contributed by atoms with van der Waals surface area (Å²) in [7, 11) is 0. The zero-order valence-electron chi connectivity index (χ0n) is 13.3. The number of carbonyl (C=O) groups is 3. The molecule has 0 aliphatic rings. The molecule has 0 heterocycles. The fourth-order valence-electron chi connectivity index (χ4n) is 2.11. The first-order valence-corrected chi connectivity index (χ1v) is 7.34. The summed E-state index contributed by atoms with van der Waals surface area (Å²) < 4.78 is 0. The van der Waals surface area contributed by atoms with E-state index in [9.17, 15) is 14.4 Å². The van der Waals surface area contributed by atoms with Crippen LogP contribution in [0.1, 0.15) is 59.8 Å². The Balaban J connectivity index is 0. The minimum atomic E-state index is -1.26. The van der Waals surface area contributed by atoms with E-state index in [0.717, 1.165) is 19.3 Å². The van der Waals surface area contributed by atoms with Crippen LogP contribution in [0.3, 0.4) is 0 Å². The van der Waals surface area contributed by atoms with E-state index >= 15 is 0 Å². The largest absolute Gasteiger partial charge is 0.481 e. The minimum Gasteiger partial charge on any atom is -0.481 e. The van der Waals surface area contributed by atoms with Crippen molar-refractivity contribution in [2.45, 2.75) is 59.8 Å². The molecule has 0 bridgehead atoms.